The summed E-state index contributed by atoms with van der Waals surface area (Å²) in [5.74, 6) is 1.57. The molecule has 3 aliphatic rings. The summed E-state index contributed by atoms with van der Waals surface area (Å²) >= 11 is 0. The lowest BCUT2D eigenvalue weighted by atomic mass is 9.77. The van der Waals surface area contributed by atoms with E-state index in [9.17, 15) is 5.11 Å². The van der Waals surface area contributed by atoms with Gasteiger partial charge in [-0.1, -0.05) is 12.2 Å². The van der Waals surface area contributed by atoms with Crippen LogP contribution in [0.25, 0.3) is 0 Å². The number of aliphatic hydroxyl groups is 1. The molecule has 1 aliphatic heterocycles. The highest BCUT2D eigenvalue weighted by atomic mass is 16.6. The fraction of sp³-hybridized carbons (Fsp3) is 0.867. The van der Waals surface area contributed by atoms with Gasteiger partial charge in [-0.05, 0) is 63.7 Å². The standard InChI is InChI=1S/C15H24O2/c1-10-4-5-11(15(3)9-17-15)8-13-12(10)6-7-14(13,2)16/h11-13,16H,1,4-9H2,2-3H3/t11-,12+,13-,14-,15+/m1/s1. The highest BCUT2D eigenvalue weighted by Gasteiger charge is 2.53. The second-order valence-electron chi connectivity index (χ2n) is 6.84. The molecule has 17 heavy (non-hydrogen) atoms. The van der Waals surface area contributed by atoms with Crippen molar-refractivity contribution in [1.82, 2.24) is 0 Å². The summed E-state index contributed by atoms with van der Waals surface area (Å²) in [7, 11) is 0. The number of allylic oxidation sites excluding steroid dienone is 1. The normalized spacial score (nSPS) is 54.3. The zero-order valence-corrected chi connectivity index (χ0v) is 11.0. The fourth-order valence-electron chi connectivity index (χ4n) is 4.05. The fourth-order valence-corrected chi connectivity index (χ4v) is 4.05. The van der Waals surface area contributed by atoms with Crippen LogP contribution < -0.4 is 0 Å². The lowest BCUT2D eigenvalue weighted by Crippen LogP contribution is -2.35. The largest absolute Gasteiger partial charge is 0.390 e. The predicted octanol–water partition coefficient (Wildman–Crippen LogP) is 2.91. The van der Waals surface area contributed by atoms with Crippen LogP contribution in [0.5, 0.6) is 0 Å². The Hall–Kier alpha value is -0.340. The zero-order valence-electron chi connectivity index (χ0n) is 11.0. The quantitative estimate of drug-likeness (QED) is 0.561. The summed E-state index contributed by atoms with van der Waals surface area (Å²) in [5.41, 5.74) is 0.995. The molecule has 1 N–H and O–H groups in total. The molecule has 1 heterocycles. The van der Waals surface area contributed by atoms with E-state index in [-0.39, 0.29) is 5.60 Å². The molecular formula is C15H24O2. The lowest BCUT2D eigenvalue weighted by Gasteiger charge is -2.31. The maximum absolute atomic E-state index is 10.6. The summed E-state index contributed by atoms with van der Waals surface area (Å²) in [4.78, 5) is 0. The predicted molar refractivity (Wildman–Crippen MR) is 67.7 cm³/mol. The zero-order chi connectivity index (χ0) is 12.3. The Kier molecular flexibility index (Phi) is 2.47. The Balaban J connectivity index is 1.85. The van der Waals surface area contributed by atoms with E-state index in [2.05, 4.69) is 13.5 Å². The van der Waals surface area contributed by atoms with Crippen LogP contribution in [0, 0.1) is 17.8 Å². The number of ether oxygens (including phenoxy) is 1. The number of epoxide rings is 1. The summed E-state index contributed by atoms with van der Waals surface area (Å²) in [5, 5.41) is 10.6. The van der Waals surface area contributed by atoms with Crippen LogP contribution in [0.1, 0.15) is 46.0 Å². The molecule has 0 radical (unpaired) electrons. The number of fused-ring (bicyclic) bond motifs is 1. The van der Waals surface area contributed by atoms with Crippen LogP contribution in [0.4, 0.5) is 0 Å². The van der Waals surface area contributed by atoms with Gasteiger partial charge < -0.3 is 9.84 Å². The molecule has 5 atom stereocenters. The molecule has 0 aromatic rings. The average molecular weight is 236 g/mol. The van der Waals surface area contributed by atoms with E-state index >= 15 is 0 Å². The third-order valence-corrected chi connectivity index (χ3v) is 5.59. The van der Waals surface area contributed by atoms with E-state index < -0.39 is 5.60 Å². The number of rotatable bonds is 1. The van der Waals surface area contributed by atoms with Crippen molar-refractivity contribution in [3.63, 3.8) is 0 Å². The molecule has 0 spiro atoms. The van der Waals surface area contributed by atoms with Gasteiger partial charge in [-0.2, -0.15) is 0 Å². The first kappa shape index (κ1) is 11.7. The summed E-state index contributed by atoms with van der Waals surface area (Å²) in [6, 6.07) is 0. The second-order valence-corrected chi connectivity index (χ2v) is 6.84. The Morgan fingerprint density at radius 2 is 2.06 bits per heavy atom. The first-order valence-electron chi connectivity index (χ1n) is 6.96. The Bertz CT molecular complexity index is 341. The van der Waals surface area contributed by atoms with E-state index in [1.807, 2.05) is 6.92 Å². The molecule has 96 valence electrons. The first-order chi connectivity index (χ1) is 7.92. The SMILES string of the molecule is C=C1CC[C@@H]([C@]2(C)CO2)C[C@@H]2[C@H]1CC[C@@]2(C)O. The summed E-state index contributed by atoms with van der Waals surface area (Å²) in [6.07, 6.45) is 5.50. The number of hydrogen-bond acceptors (Lipinski definition) is 2. The van der Waals surface area contributed by atoms with E-state index in [4.69, 9.17) is 4.74 Å². The Morgan fingerprint density at radius 1 is 1.35 bits per heavy atom. The highest BCUT2D eigenvalue weighted by Crippen LogP contribution is 2.53. The van der Waals surface area contributed by atoms with Gasteiger partial charge in [0.15, 0.2) is 0 Å². The van der Waals surface area contributed by atoms with Crippen LogP contribution in [0.3, 0.4) is 0 Å². The van der Waals surface area contributed by atoms with Gasteiger partial charge in [-0.3, -0.25) is 0 Å². The molecule has 3 rings (SSSR count). The summed E-state index contributed by atoms with van der Waals surface area (Å²) < 4.78 is 5.63. The minimum absolute atomic E-state index is 0.105. The maximum Gasteiger partial charge on any atom is 0.0916 e. The van der Waals surface area contributed by atoms with Crippen LogP contribution in [0.2, 0.25) is 0 Å². The monoisotopic (exact) mass is 236 g/mol. The molecule has 2 nitrogen and oxygen atoms in total. The second kappa shape index (κ2) is 3.58. The van der Waals surface area contributed by atoms with E-state index in [0.29, 0.717) is 17.8 Å². The van der Waals surface area contributed by atoms with Gasteiger partial charge in [0.2, 0.25) is 0 Å². The van der Waals surface area contributed by atoms with Gasteiger partial charge in [0, 0.05) is 0 Å². The topological polar surface area (TPSA) is 32.8 Å². The van der Waals surface area contributed by atoms with Crippen molar-refractivity contribution in [3.8, 4) is 0 Å². The van der Waals surface area contributed by atoms with Gasteiger partial charge in [0.25, 0.3) is 0 Å². The van der Waals surface area contributed by atoms with Crippen molar-refractivity contribution in [3.05, 3.63) is 12.2 Å². The minimum atomic E-state index is -0.485. The molecule has 0 amide bonds. The maximum atomic E-state index is 10.6. The van der Waals surface area contributed by atoms with Crippen molar-refractivity contribution in [2.75, 3.05) is 6.61 Å². The Morgan fingerprint density at radius 3 is 2.71 bits per heavy atom. The molecule has 2 saturated carbocycles. The first-order valence-corrected chi connectivity index (χ1v) is 6.96. The van der Waals surface area contributed by atoms with Crippen molar-refractivity contribution in [1.29, 1.82) is 0 Å². The highest BCUT2D eigenvalue weighted by molar-refractivity contribution is 5.14. The van der Waals surface area contributed by atoms with E-state index in [1.54, 1.807) is 0 Å². The minimum Gasteiger partial charge on any atom is -0.390 e. The molecule has 0 aromatic carbocycles. The smallest absolute Gasteiger partial charge is 0.0916 e. The molecule has 3 fully saturated rings. The van der Waals surface area contributed by atoms with Gasteiger partial charge in [0.05, 0.1) is 17.8 Å². The third-order valence-electron chi connectivity index (χ3n) is 5.59. The van der Waals surface area contributed by atoms with Gasteiger partial charge in [-0.15, -0.1) is 0 Å². The average Bonchev–Trinajstić information content (AvgIpc) is 2.95. The van der Waals surface area contributed by atoms with Gasteiger partial charge in [0.1, 0.15) is 0 Å². The molecule has 0 bridgehead atoms. The van der Waals surface area contributed by atoms with Crippen LogP contribution in [-0.2, 0) is 4.74 Å². The van der Waals surface area contributed by atoms with Gasteiger partial charge >= 0.3 is 0 Å². The van der Waals surface area contributed by atoms with Crippen LogP contribution >= 0.6 is 0 Å². The molecule has 2 heteroatoms. The van der Waals surface area contributed by atoms with Crippen molar-refractivity contribution in [2.45, 2.75) is 57.2 Å². The van der Waals surface area contributed by atoms with Crippen molar-refractivity contribution < 1.29 is 9.84 Å². The molecule has 0 unspecified atom stereocenters. The molecule has 0 aromatic heterocycles. The van der Waals surface area contributed by atoms with Gasteiger partial charge in [-0.25, -0.2) is 0 Å². The van der Waals surface area contributed by atoms with Crippen molar-refractivity contribution in [2.24, 2.45) is 17.8 Å². The Labute approximate surface area is 104 Å². The number of hydrogen-bond donors (Lipinski definition) is 1. The van der Waals surface area contributed by atoms with Crippen LogP contribution in [0.15, 0.2) is 12.2 Å². The third kappa shape index (κ3) is 1.86. The molecule has 1 saturated heterocycles. The van der Waals surface area contributed by atoms with E-state index in [0.717, 1.165) is 32.3 Å². The molecular weight excluding hydrogens is 212 g/mol. The van der Waals surface area contributed by atoms with Crippen LogP contribution in [-0.4, -0.2) is 22.9 Å². The lowest BCUT2D eigenvalue weighted by molar-refractivity contribution is 0.000452. The molecule has 2 aliphatic carbocycles. The van der Waals surface area contributed by atoms with Crippen molar-refractivity contribution >= 4 is 0 Å². The van der Waals surface area contributed by atoms with E-state index in [1.165, 1.54) is 12.0 Å². The summed E-state index contributed by atoms with van der Waals surface area (Å²) in [6.45, 7) is 9.42.